The molecule has 0 aromatic carbocycles. The van der Waals surface area contributed by atoms with Crippen molar-refractivity contribution in [3.8, 4) is 0 Å². The van der Waals surface area contributed by atoms with Crippen molar-refractivity contribution in [2.45, 2.75) is 19.9 Å². The molecule has 1 fully saturated rings. The number of aliphatic hydroxyl groups excluding tert-OH is 1. The molecule has 0 aromatic heterocycles. The van der Waals surface area contributed by atoms with Crippen LogP contribution in [0.4, 0.5) is 0 Å². The van der Waals surface area contributed by atoms with Crippen LogP contribution in [-0.4, -0.2) is 23.7 Å². The highest BCUT2D eigenvalue weighted by Gasteiger charge is 2.35. The van der Waals surface area contributed by atoms with Crippen LogP contribution >= 0.6 is 0 Å². The smallest absolute Gasteiger partial charge is 0.225 e. The highest BCUT2D eigenvalue weighted by molar-refractivity contribution is 5.81. The molecule has 1 aliphatic heterocycles. The van der Waals surface area contributed by atoms with Gasteiger partial charge in [0.25, 0.3) is 0 Å². The van der Waals surface area contributed by atoms with E-state index < -0.39 is 0 Å². The first-order chi connectivity index (χ1) is 4.66. The Balaban J connectivity index is 2.64. The monoisotopic (exact) mass is 143 g/mol. The van der Waals surface area contributed by atoms with Crippen LogP contribution < -0.4 is 5.32 Å². The third-order valence-electron chi connectivity index (χ3n) is 2.33. The van der Waals surface area contributed by atoms with Gasteiger partial charge in [0.1, 0.15) is 0 Å². The maximum absolute atomic E-state index is 11.0. The maximum Gasteiger partial charge on any atom is 0.225 e. The van der Waals surface area contributed by atoms with Gasteiger partial charge >= 0.3 is 0 Å². The van der Waals surface area contributed by atoms with Gasteiger partial charge in [0.2, 0.25) is 5.91 Å². The number of hydrogen-bond acceptors (Lipinski definition) is 2. The summed E-state index contributed by atoms with van der Waals surface area (Å²) in [7, 11) is 0. The summed E-state index contributed by atoms with van der Waals surface area (Å²) in [5.74, 6) is 0.0648. The van der Waals surface area contributed by atoms with Crippen molar-refractivity contribution in [1.29, 1.82) is 0 Å². The molecule has 10 heavy (non-hydrogen) atoms. The van der Waals surface area contributed by atoms with Gasteiger partial charge in [0.05, 0.1) is 12.5 Å². The molecule has 1 rings (SSSR count). The Hall–Kier alpha value is -0.570. The molecule has 58 valence electrons. The first kappa shape index (κ1) is 7.54. The molecule has 0 radical (unpaired) electrons. The van der Waals surface area contributed by atoms with Gasteiger partial charge in [-0.15, -0.1) is 0 Å². The third kappa shape index (κ3) is 1.01. The highest BCUT2D eigenvalue weighted by Crippen LogP contribution is 2.21. The van der Waals surface area contributed by atoms with Crippen molar-refractivity contribution in [1.82, 2.24) is 5.32 Å². The Bertz CT molecular complexity index is 147. The second-order valence-electron chi connectivity index (χ2n) is 2.95. The fourth-order valence-corrected chi connectivity index (χ4v) is 1.30. The second kappa shape index (κ2) is 2.58. The number of nitrogens with one attached hydrogen (secondary N) is 1. The van der Waals surface area contributed by atoms with Gasteiger partial charge in [-0.3, -0.25) is 4.79 Å². The van der Waals surface area contributed by atoms with E-state index in [1.165, 1.54) is 0 Å². The van der Waals surface area contributed by atoms with Crippen LogP contribution in [0.3, 0.4) is 0 Å². The predicted octanol–water partition coefficient (Wildman–Crippen LogP) is -0.251. The Morgan fingerprint density at radius 2 is 2.20 bits per heavy atom. The SMILES string of the molecule is C[C@@H]1C(CO)C(=O)N[C@@H]1C. The number of carbonyl (C=O) groups is 1. The average Bonchev–Trinajstić information content (AvgIpc) is 2.09. The highest BCUT2D eigenvalue weighted by atomic mass is 16.3. The van der Waals surface area contributed by atoms with Crippen molar-refractivity contribution in [3.05, 3.63) is 0 Å². The van der Waals surface area contributed by atoms with Crippen molar-refractivity contribution in [2.24, 2.45) is 11.8 Å². The Morgan fingerprint density at radius 1 is 1.60 bits per heavy atom. The van der Waals surface area contributed by atoms with Gasteiger partial charge in [-0.25, -0.2) is 0 Å². The molecular weight excluding hydrogens is 130 g/mol. The molecule has 0 saturated carbocycles. The molecular formula is C7H13NO2. The third-order valence-corrected chi connectivity index (χ3v) is 2.33. The lowest BCUT2D eigenvalue weighted by atomic mass is 9.94. The summed E-state index contributed by atoms with van der Waals surface area (Å²) >= 11 is 0. The van der Waals surface area contributed by atoms with Crippen LogP contribution in [0.1, 0.15) is 13.8 Å². The second-order valence-corrected chi connectivity index (χ2v) is 2.95. The van der Waals surface area contributed by atoms with Crippen molar-refractivity contribution in [2.75, 3.05) is 6.61 Å². The van der Waals surface area contributed by atoms with E-state index in [4.69, 9.17) is 5.11 Å². The summed E-state index contributed by atoms with van der Waals surface area (Å²) < 4.78 is 0. The lowest BCUT2D eigenvalue weighted by Crippen LogP contribution is -2.24. The Labute approximate surface area is 60.4 Å². The van der Waals surface area contributed by atoms with E-state index in [-0.39, 0.29) is 30.4 Å². The summed E-state index contributed by atoms with van der Waals surface area (Å²) in [6.07, 6.45) is 0. The van der Waals surface area contributed by atoms with E-state index in [1.54, 1.807) is 0 Å². The summed E-state index contributed by atoms with van der Waals surface area (Å²) in [4.78, 5) is 11.0. The average molecular weight is 143 g/mol. The van der Waals surface area contributed by atoms with Gasteiger partial charge in [-0.2, -0.15) is 0 Å². The number of carbonyl (C=O) groups excluding carboxylic acids is 1. The first-order valence-corrected chi connectivity index (χ1v) is 3.58. The number of rotatable bonds is 1. The molecule has 0 spiro atoms. The minimum absolute atomic E-state index is 0.0116. The van der Waals surface area contributed by atoms with E-state index >= 15 is 0 Å². The molecule has 2 N–H and O–H groups in total. The molecule has 1 heterocycles. The zero-order chi connectivity index (χ0) is 7.72. The molecule has 3 atom stereocenters. The molecule has 0 bridgehead atoms. The molecule has 3 heteroatoms. The van der Waals surface area contributed by atoms with E-state index in [2.05, 4.69) is 5.32 Å². The molecule has 0 aromatic rings. The summed E-state index contributed by atoms with van der Waals surface area (Å²) in [5.41, 5.74) is 0. The zero-order valence-corrected chi connectivity index (χ0v) is 6.29. The minimum Gasteiger partial charge on any atom is -0.396 e. The van der Waals surface area contributed by atoms with Crippen LogP contribution in [0, 0.1) is 11.8 Å². The molecule has 1 saturated heterocycles. The molecule has 1 aliphatic rings. The summed E-state index contributed by atoms with van der Waals surface area (Å²) in [5, 5.41) is 11.5. The molecule has 0 aliphatic carbocycles. The lowest BCUT2D eigenvalue weighted by Gasteiger charge is -2.10. The fraction of sp³-hybridized carbons (Fsp3) is 0.857. The van der Waals surface area contributed by atoms with Gasteiger partial charge in [0.15, 0.2) is 0 Å². The standard InChI is InChI=1S/C7H13NO2/c1-4-5(2)8-7(10)6(4)3-9/h4-6,9H,3H2,1-2H3,(H,8,10)/t4-,5+,6?/m0/s1. The normalized spacial score (nSPS) is 39.9. The van der Waals surface area contributed by atoms with E-state index in [0.29, 0.717) is 0 Å². The van der Waals surface area contributed by atoms with Crippen LogP contribution in [0.5, 0.6) is 0 Å². The molecule has 1 amide bonds. The number of amides is 1. The topological polar surface area (TPSA) is 49.3 Å². The van der Waals surface area contributed by atoms with Gasteiger partial charge < -0.3 is 10.4 Å². The van der Waals surface area contributed by atoms with Crippen molar-refractivity contribution >= 4 is 5.91 Å². The summed E-state index contributed by atoms with van der Waals surface area (Å²) in [6, 6.07) is 0.213. The minimum atomic E-state index is -0.185. The number of aliphatic hydroxyl groups is 1. The molecule has 1 unspecified atom stereocenters. The van der Waals surface area contributed by atoms with Crippen LogP contribution in [0.15, 0.2) is 0 Å². The summed E-state index contributed by atoms with van der Waals surface area (Å²) in [6.45, 7) is 3.90. The largest absolute Gasteiger partial charge is 0.396 e. The molecule has 3 nitrogen and oxygen atoms in total. The Morgan fingerprint density at radius 3 is 2.40 bits per heavy atom. The Kier molecular flexibility index (Phi) is 1.94. The lowest BCUT2D eigenvalue weighted by molar-refractivity contribution is -0.124. The quantitative estimate of drug-likeness (QED) is 0.531. The van der Waals surface area contributed by atoms with Crippen molar-refractivity contribution < 1.29 is 9.90 Å². The predicted molar refractivity (Wildman–Crippen MR) is 37.3 cm³/mol. The van der Waals surface area contributed by atoms with Crippen LogP contribution in [-0.2, 0) is 4.79 Å². The first-order valence-electron chi connectivity index (χ1n) is 3.58. The van der Waals surface area contributed by atoms with E-state index in [0.717, 1.165) is 0 Å². The van der Waals surface area contributed by atoms with Gasteiger partial charge in [0, 0.05) is 6.04 Å². The van der Waals surface area contributed by atoms with Crippen LogP contribution in [0.25, 0.3) is 0 Å². The van der Waals surface area contributed by atoms with Crippen LogP contribution in [0.2, 0.25) is 0 Å². The fourth-order valence-electron chi connectivity index (χ4n) is 1.30. The van der Waals surface area contributed by atoms with Gasteiger partial charge in [-0.05, 0) is 12.8 Å². The van der Waals surface area contributed by atoms with E-state index in [1.807, 2.05) is 13.8 Å². The van der Waals surface area contributed by atoms with Gasteiger partial charge in [-0.1, -0.05) is 6.92 Å². The zero-order valence-electron chi connectivity index (χ0n) is 6.29. The number of hydrogen-bond donors (Lipinski definition) is 2. The van der Waals surface area contributed by atoms with Crippen molar-refractivity contribution in [3.63, 3.8) is 0 Å². The maximum atomic E-state index is 11.0. The van der Waals surface area contributed by atoms with E-state index in [9.17, 15) is 4.79 Å².